The van der Waals surface area contributed by atoms with Gasteiger partial charge in [-0.2, -0.15) is 0 Å². The summed E-state index contributed by atoms with van der Waals surface area (Å²) in [6.45, 7) is 5.79. The molecule has 2 aromatic carbocycles. The Bertz CT molecular complexity index is 1140. The molecule has 6 unspecified atom stereocenters. The molecule has 6 atom stereocenters. The summed E-state index contributed by atoms with van der Waals surface area (Å²) in [5.74, 6) is 1.49. The lowest BCUT2D eigenvalue weighted by Gasteiger charge is -2.65. The van der Waals surface area contributed by atoms with Crippen LogP contribution in [0.2, 0.25) is 0 Å². The number of likely N-dealkylation sites (tertiary alicyclic amines) is 1. The van der Waals surface area contributed by atoms with Crippen molar-refractivity contribution in [2.75, 3.05) is 33.7 Å². The minimum absolute atomic E-state index is 0.0359. The second-order valence-corrected chi connectivity index (χ2v) is 11.9. The summed E-state index contributed by atoms with van der Waals surface area (Å²) in [4.78, 5) is 18.5. The lowest BCUT2D eigenvalue weighted by atomic mass is 9.45. The first-order valence-electron chi connectivity index (χ1n) is 14.0. The molecule has 0 radical (unpaired) electrons. The molecule has 1 spiro atoms. The Balaban J connectivity index is 1.42. The van der Waals surface area contributed by atoms with Crippen LogP contribution in [-0.2, 0) is 11.8 Å². The van der Waals surface area contributed by atoms with Crippen molar-refractivity contribution in [1.82, 2.24) is 15.1 Å². The highest BCUT2D eigenvalue weighted by Crippen LogP contribution is 2.74. The lowest BCUT2D eigenvalue weighted by molar-refractivity contribution is -0.115. The average Bonchev–Trinajstić information content (AvgIpc) is 3.32. The van der Waals surface area contributed by atoms with Gasteiger partial charge in [0.1, 0.15) is 5.75 Å². The third-order valence-corrected chi connectivity index (χ3v) is 10.8. The van der Waals surface area contributed by atoms with Crippen molar-refractivity contribution < 1.29 is 9.90 Å². The van der Waals surface area contributed by atoms with E-state index in [1.807, 2.05) is 50.5 Å². The van der Waals surface area contributed by atoms with Crippen molar-refractivity contribution in [1.29, 1.82) is 0 Å². The number of hydrogen-bond acceptors (Lipinski definition) is 4. The lowest BCUT2D eigenvalue weighted by Crippen LogP contribution is -2.69. The van der Waals surface area contributed by atoms with E-state index in [1.54, 1.807) is 0 Å². The Kier molecular flexibility index (Phi) is 5.92. The molecule has 36 heavy (non-hydrogen) atoms. The number of fused-ring (bicyclic) bond motifs is 1. The number of nitrogens with zero attached hydrogens (tertiary/aromatic N) is 2. The van der Waals surface area contributed by atoms with E-state index in [-0.39, 0.29) is 22.8 Å². The van der Waals surface area contributed by atoms with Crippen molar-refractivity contribution >= 4 is 5.91 Å². The van der Waals surface area contributed by atoms with Gasteiger partial charge in [0, 0.05) is 36.7 Å². The van der Waals surface area contributed by atoms with E-state index in [9.17, 15) is 9.90 Å². The number of amides is 1. The topological polar surface area (TPSA) is 55.8 Å². The smallest absolute Gasteiger partial charge is 0.253 e. The van der Waals surface area contributed by atoms with Crippen LogP contribution in [0.3, 0.4) is 0 Å². The van der Waals surface area contributed by atoms with E-state index in [0.717, 1.165) is 50.9 Å². The zero-order valence-electron chi connectivity index (χ0n) is 22.0. The maximum absolute atomic E-state index is 13.6. The quantitative estimate of drug-likeness (QED) is 0.592. The van der Waals surface area contributed by atoms with Crippen LogP contribution in [0.5, 0.6) is 5.75 Å². The molecule has 0 aromatic heterocycles. The first kappa shape index (κ1) is 24.0. The number of nitrogens with one attached hydrogen (secondary N) is 1. The van der Waals surface area contributed by atoms with Gasteiger partial charge in [0.2, 0.25) is 0 Å². The molecule has 1 heterocycles. The van der Waals surface area contributed by atoms with Crippen LogP contribution in [0, 0.1) is 17.3 Å². The number of piperidine rings is 1. The summed E-state index contributed by atoms with van der Waals surface area (Å²) >= 11 is 0. The molecular weight excluding hydrogens is 446 g/mol. The molecule has 1 amide bonds. The van der Waals surface area contributed by atoms with Gasteiger partial charge in [-0.05, 0) is 118 Å². The van der Waals surface area contributed by atoms with E-state index in [4.69, 9.17) is 0 Å². The summed E-state index contributed by atoms with van der Waals surface area (Å²) in [6, 6.07) is 16.7. The normalized spacial score (nSPS) is 34.6. The predicted octanol–water partition coefficient (Wildman–Crippen LogP) is 4.45. The molecule has 2 bridgehead atoms. The van der Waals surface area contributed by atoms with E-state index in [0.29, 0.717) is 23.6 Å². The fourth-order valence-electron chi connectivity index (χ4n) is 9.51. The Labute approximate surface area is 215 Å². The molecule has 5 nitrogen and oxygen atoms in total. The number of hydrogen-bond donors (Lipinski definition) is 2. The molecule has 2 aromatic rings. The van der Waals surface area contributed by atoms with Gasteiger partial charge in [0.25, 0.3) is 5.91 Å². The third kappa shape index (κ3) is 3.18. The van der Waals surface area contributed by atoms with Gasteiger partial charge >= 0.3 is 0 Å². The highest BCUT2D eigenvalue weighted by atomic mass is 16.3. The zero-order valence-corrected chi connectivity index (χ0v) is 22.0. The summed E-state index contributed by atoms with van der Waals surface area (Å²) in [5.41, 5.74) is 3.85. The number of phenols is 1. The van der Waals surface area contributed by atoms with Gasteiger partial charge in [0.05, 0.1) is 0 Å². The van der Waals surface area contributed by atoms with Crippen LogP contribution >= 0.6 is 0 Å². The van der Waals surface area contributed by atoms with Crippen molar-refractivity contribution in [2.45, 2.75) is 62.9 Å². The maximum Gasteiger partial charge on any atom is 0.253 e. The molecule has 2 saturated carbocycles. The largest absolute Gasteiger partial charge is 0.508 e. The van der Waals surface area contributed by atoms with Crippen LogP contribution in [0.1, 0.15) is 60.5 Å². The molecule has 3 fully saturated rings. The van der Waals surface area contributed by atoms with E-state index >= 15 is 0 Å². The molecule has 4 aliphatic rings. The van der Waals surface area contributed by atoms with Gasteiger partial charge in [-0.3, -0.25) is 9.69 Å². The number of phenolic OH excluding ortho intramolecular Hbond substituents is 1. The van der Waals surface area contributed by atoms with Crippen molar-refractivity contribution in [3.63, 3.8) is 0 Å². The fourth-order valence-corrected chi connectivity index (χ4v) is 9.51. The van der Waals surface area contributed by atoms with Gasteiger partial charge in [-0.15, -0.1) is 0 Å². The maximum atomic E-state index is 13.6. The van der Waals surface area contributed by atoms with E-state index < -0.39 is 0 Å². The van der Waals surface area contributed by atoms with Crippen LogP contribution in [0.15, 0.2) is 48.5 Å². The van der Waals surface area contributed by atoms with Crippen LogP contribution in [0.25, 0.3) is 0 Å². The molecule has 6 rings (SSSR count). The number of aromatic hydroxyl groups is 1. The number of benzene rings is 2. The molecule has 1 aliphatic heterocycles. The summed E-state index contributed by atoms with van der Waals surface area (Å²) in [7, 11) is 4.07. The molecule has 5 heteroatoms. The Morgan fingerprint density at radius 2 is 1.94 bits per heavy atom. The first-order chi connectivity index (χ1) is 17.4. The minimum atomic E-state index is 0.0359. The van der Waals surface area contributed by atoms with Crippen LogP contribution < -0.4 is 5.32 Å². The summed E-state index contributed by atoms with van der Waals surface area (Å²) in [5, 5.41) is 14.0. The molecule has 1 saturated heterocycles. The molecule has 2 N–H and O–H groups in total. The van der Waals surface area contributed by atoms with Crippen LogP contribution in [0.4, 0.5) is 0 Å². The second-order valence-electron chi connectivity index (χ2n) is 11.9. The van der Waals surface area contributed by atoms with Crippen molar-refractivity contribution in [2.24, 2.45) is 17.3 Å². The average molecular weight is 488 g/mol. The summed E-state index contributed by atoms with van der Waals surface area (Å²) < 4.78 is 0. The van der Waals surface area contributed by atoms with E-state index in [1.165, 1.54) is 24.0 Å². The third-order valence-electron chi connectivity index (χ3n) is 10.8. The SMILES string of the molecule is CNCCCN1CC2Cc3ccc(O)cc3C23C2CCC3(CCC2N(C)C(=O)c2ccccc2)C1C. The number of carbonyl (C=O) groups is 1. The van der Waals surface area contributed by atoms with Crippen LogP contribution in [-0.4, -0.2) is 66.6 Å². The second kappa shape index (κ2) is 8.88. The zero-order chi connectivity index (χ0) is 25.1. The first-order valence-corrected chi connectivity index (χ1v) is 14.0. The predicted molar refractivity (Wildman–Crippen MR) is 143 cm³/mol. The number of rotatable bonds is 6. The Morgan fingerprint density at radius 3 is 2.72 bits per heavy atom. The van der Waals surface area contributed by atoms with Gasteiger partial charge in [0.15, 0.2) is 0 Å². The summed E-state index contributed by atoms with van der Waals surface area (Å²) in [6.07, 6.45) is 6.86. The van der Waals surface area contributed by atoms with Gasteiger partial charge in [-0.1, -0.05) is 24.3 Å². The van der Waals surface area contributed by atoms with Gasteiger partial charge < -0.3 is 15.3 Å². The van der Waals surface area contributed by atoms with Gasteiger partial charge in [-0.25, -0.2) is 0 Å². The molecule has 192 valence electrons. The molecule has 3 aliphatic carbocycles. The van der Waals surface area contributed by atoms with Crippen molar-refractivity contribution in [3.8, 4) is 5.75 Å². The van der Waals surface area contributed by atoms with E-state index in [2.05, 4.69) is 34.2 Å². The standard InChI is InChI=1S/C31H41N3O2/c1-21-30-14-12-26(28(13-15-30)33(3)29(36)22-8-5-4-6-9-22)31(30)24(20-34(21)17-7-16-32-2)18-23-10-11-25(35)19-27(23)31/h4-6,8-11,19,21,24,26,28,32,35H,7,12-18,20H2,1-3H3. The Morgan fingerprint density at radius 1 is 1.17 bits per heavy atom. The monoisotopic (exact) mass is 487 g/mol. The minimum Gasteiger partial charge on any atom is -0.508 e. The molecular formula is C31H41N3O2. The number of carbonyl (C=O) groups excluding carboxylic acids is 1. The highest BCUT2D eigenvalue weighted by molar-refractivity contribution is 5.94. The Hall–Kier alpha value is -2.37. The highest BCUT2D eigenvalue weighted by Gasteiger charge is 2.73. The fraction of sp³-hybridized carbons (Fsp3) is 0.581. The van der Waals surface area contributed by atoms with Crippen molar-refractivity contribution in [3.05, 3.63) is 65.2 Å².